The van der Waals surface area contributed by atoms with Crippen molar-refractivity contribution in [1.29, 1.82) is 0 Å². The van der Waals surface area contributed by atoms with Crippen LogP contribution in [0.4, 0.5) is 0 Å². The van der Waals surface area contributed by atoms with Gasteiger partial charge >= 0.3 is 11.9 Å². The Kier molecular flexibility index (Phi) is 4.75. The fourth-order valence-corrected chi connectivity index (χ4v) is 2.01. The van der Waals surface area contributed by atoms with Gasteiger partial charge in [0, 0.05) is 45.6 Å². The van der Waals surface area contributed by atoms with Crippen LogP contribution in [0.5, 0.6) is 0 Å². The van der Waals surface area contributed by atoms with Gasteiger partial charge in [-0.3, -0.25) is 4.79 Å². The van der Waals surface area contributed by atoms with Gasteiger partial charge in [-0.1, -0.05) is 23.2 Å². The van der Waals surface area contributed by atoms with Crippen LogP contribution in [0.25, 0.3) is 0 Å². The second-order valence-corrected chi connectivity index (χ2v) is 5.52. The molecule has 0 bridgehead atoms. The summed E-state index contributed by atoms with van der Waals surface area (Å²) >= 11 is 11.6. The minimum Gasteiger partial charge on any atom is -0.478 e. The first-order chi connectivity index (χ1) is 15.1. The third kappa shape index (κ3) is 11.3. The average Bonchev–Trinajstić information content (AvgIpc) is 2.60. The van der Waals surface area contributed by atoms with Crippen molar-refractivity contribution in [2.24, 2.45) is 0 Å². The number of aliphatic carboxylic acids is 2. The number of carboxylic acids is 2. The molecular weight excluding hydrogens is 369 g/mol. The number of carbonyl (C=O) groups excluding carboxylic acids is 1. The van der Waals surface area contributed by atoms with E-state index in [2.05, 4.69) is 5.32 Å². The summed E-state index contributed by atoms with van der Waals surface area (Å²) in [6.07, 6.45) is 1.12. The lowest BCUT2D eigenvalue weighted by atomic mass is 10.0. The predicted octanol–water partition coefficient (Wildman–Crippen LogP) is 3.66. The predicted molar refractivity (Wildman–Crippen MR) is 97.6 cm³/mol. The third-order valence-corrected chi connectivity index (χ3v) is 2.78. The van der Waals surface area contributed by atoms with Gasteiger partial charge in [-0.15, -0.1) is 0 Å². The van der Waals surface area contributed by atoms with Crippen molar-refractivity contribution in [2.75, 3.05) is 0 Å². The summed E-state index contributed by atoms with van der Waals surface area (Å²) in [6.45, 7) is -9.19. The van der Waals surface area contributed by atoms with Gasteiger partial charge in [0.15, 0.2) is 5.78 Å². The maximum atomic E-state index is 12.6. The van der Waals surface area contributed by atoms with Crippen LogP contribution in [0, 0.1) is 0 Å². The summed E-state index contributed by atoms with van der Waals surface area (Å²) in [7, 11) is 0. The van der Waals surface area contributed by atoms with Gasteiger partial charge in [0.25, 0.3) is 0 Å². The number of benzene rings is 1. The first-order valence-corrected chi connectivity index (χ1v) is 7.24. The molecule has 0 aromatic heterocycles. The average molecular weight is 399 g/mol. The number of Topliss-reactive ketones (excluding diaryl/α,β-unsaturated/α-hetero) is 1. The van der Waals surface area contributed by atoms with Crippen LogP contribution in [0.3, 0.4) is 0 Å². The first kappa shape index (κ1) is 11.7. The molecule has 25 heavy (non-hydrogen) atoms. The van der Waals surface area contributed by atoms with Crippen LogP contribution in [-0.2, 0) is 9.59 Å². The lowest BCUT2D eigenvalue weighted by molar-refractivity contribution is -0.134. The van der Waals surface area contributed by atoms with Gasteiger partial charge in [0.1, 0.15) is 0 Å². The second-order valence-electron chi connectivity index (χ2n) is 4.65. The molecule has 6 nitrogen and oxygen atoms in total. The molecule has 0 saturated heterocycles. The van der Waals surface area contributed by atoms with Gasteiger partial charge in [-0.25, -0.2) is 9.59 Å². The van der Waals surface area contributed by atoms with Crippen LogP contribution in [-0.4, -0.2) is 39.5 Å². The van der Waals surface area contributed by atoms with Crippen LogP contribution in [0.1, 0.15) is 50.2 Å². The number of carbonyl (C=O) groups is 3. The highest BCUT2D eigenvalue weighted by atomic mass is 35.5. The summed E-state index contributed by atoms with van der Waals surface area (Å²) in [5.74, 6) is -3.27. The van der Waals surface area contributed by atoms with Crippen molar-refractivity contribution >= 4 is 40.9 Å². The lowest BCUT2D eigenvalue weighted by Gasteiger charge is -2.25. The molecule has 0 heterocycles. The molecule has 1 aromatic rings. The number of ketones is 1. The molecular formula is C17H21Cl2NO5. The molecule has 138 valence electrons. The molecule has 0 aliphatic rings. The monoisotopic (exact) mass is 398 g/mol. The first-order valence-electron chi connectivity index (χ1n) is 11.0. The molecule has 1 unspecified atom stereocenters. The summed E-state index contributed by atoms with van der Waals surface area (Å²) in [5, 5.41) is 18.0. The zero-order valence-electron chi connectivity index (χ0n) is 21.8. The summed E-state index contributed by atoms with van der Waals surface area (Å²) in [4.78, 5) is 31.7. The van der Waals surface area contributed by atoms with E-state index in [1.165, 1.54) is 25.1 Å². The molecule has 1 rings (SSSR count). The van der Waals surface area contributed by atoms with Crippen LogP contribution < -0.4 is 5.32 Å². The molecule has 0 radical (unpaired) electrons. The summed E-state index contributed by atoms with van der Waals surface area (Å²) < 4.78 is 68.0. The Balaban J connectivity index is 0.00000116. The maximum absolute atomic E-state index is 12.6. The van der Waals surface area contributed by atoms with E-state index in [1.54, 1.807) is 0 Å². The molecule has 0 saturated carbocycles. The standard InChI is InChI=1S/C13H17Cl2NO.C4H4O4/c1-8(16-13(2,3)4)12(17)9-5-10(14)7-11(15)6-9;5-3(6)1-2-4(7)8/h5-8,16H,1-4H3;1-2H,(H,5,6)(H,7,8)/b;2-1+/i2D3,3D3,4D3;. The number of hydrogen-bond donors (Lipinski definition) is 3. The van der Waals surface area contributed by atoms with Crippen LogP contribution in [0.15, 0.2) is 30.4 Å². The van der Waals surface area contributed by atoms with Crippen molar-refractivity contribution < 1.29 is 36.9 Å². The number of nitrogens with one attached hydrogen (secondary N) is 1. The van der Waals surface area contributed by atoms with E-state index < -0.39 is 49.9 Å². The van der Waals surface area contributed by atoms with E-state index in [9.17, 15) is 14.4 Å². The SMILES string of the molecule is O=C(O)/C=C/C(=O)O.[2H]C([2H])([2H])C(NC(C)C(=O)c1cc(Cl)cc(Cl)c1)(C([2H])([2H])[2H])C([2H])([2H])[2H]. The summed E-state index contributed by atoms with van der Waals surface area (Å²) in [5.41, 5.74) is -3.32. The molecule has 3 N–H and O–H groups in total. The lowest BCUT2D eigenvalue weighted by Crippen LogP contribution is -2.46. The number of carboxylic acid groups (broad SMARTS) is 2. The Morgan fingerprint density at radius 2 is 1.52 bits per heavy atom. The van der Waals surface area contributed by atoms with E-state index >= 15 is 0 Å². The van der Waals surface area contributed by atoms with Crippen LogP contribution in [0.2, 0.25) is 10.0 Å². The highest BCUT2D eigenvalue weighted by Gasteiger charge is 2.21. The number of halogens is 2. The molecule has 8 heteroatoms. The van der Waals surface area contributed by atoms with Crippen molar-refractivity contribution in [3.8, 4) is 0 Å². The highest BCUT2D eigenvalue weighted by Crippen LogP contribution is 2.20. The van der Waals surface area contributed by atoms with Gasteiger partial charge < -0.3 is 15.5 Å². The minimum absolute atomic E-state index is 0.0157. The zero-order chi connectivity index (χ0) is 27.3. The minimum atomic E-state index is -3.45. The number of rotatable bonds is 5. The zero-order valence-corrected chi connectivity index (χ0v) is 14.4. The molecule has 0 spiro atoms. The topological polar surface area (TPSA) is 104 Å². The molecule has 0 amide bonds. The van der Waals surface area contributed by atoms with Crippen molar-refractivity contribution in [1.82, 2.24) is 5.32 Å². The maximum Gasteiger partial charge on any atom is 0.328 e. The fraction of sp³-hybridized carbons (Fsp3) is 0.353. The van der Waals surface area contributed by atoms with Gasteiger partial charge in [-0.2, -0.15) is 0 Å². The Morgan fingerprint density at radius 1 is 1.08 bits per heavy atom. The van der Waals surface area contributed by atoms with Gasteiger partial charge in [-0.05, 0) is 45.7 Å². The van der Waals surface area contributed by atoms with Crippen molar-refractivity contribution in [3.63, 3.8) is 0 Å². The van der Waals surface area contributed by atoms with Gasteiger partial charge in [0.2, 0.25) is 0 Å². The van der Waals surface area contributed by atoms with E-state index in [1.807, 2.05) is 0 Å². The van der Waals surface area contributed by atoms with Crippen LogP contribution >= 0.6 is 23.2 Å². The van der Waals surface area contributed by atoms with E-state index in [-0.39, 0.29) is 15.6 Å². The van der Waals surface area contributed by atoms with Gasteiger partial charge in [0.05, 0.1) is 6.04 Å². The largest absolute Gasteiger partial charge is 0.478 e. The Hall–Kier alpha value is -1.89. The second kappa shape index (κ2) is 10.2. The third-order valence-electron chi connectivity index (χ3n) is 2.34. The number of hydrogen-bond acceptors (Lipinski definition) is 4. The highest BCUT2D eigenvalue weighted by molar-refractivity contribution is 6.35. The van der Waals surface area contributed by atoms with E-state index in [0.29, 0.717) is 12.2 Å². The quantitative estimate of drug-likeness (QED) is 0.516. The molecule has 0 fully saturated rings. The Labute approximate surface area is 169 Å². The smallest absolute Gasteiger partial charge is 0.328 e. The summed E-state index contributed by atoms with van der Waals surface area (Å²) in [6, 6.07) is 2.44. The molecule has 0 aliphatic heterocycles. The normalized spacial score (nSPS) is 19.1. The molecule has 1 atom stereocenters. The Bertz CT molecular complexity index is 870. The Morgan fingerprint density at radius 3 is 1.88 bits per heavy atom. The van der Waals surface area contributed by atoms with E-state index in [4.69, 9.17) is 45.8 Å². The molecule has 1 aromatic carbocycles. The van der Waals surface area contributed by atoms with Crippen molar-refractivity contribution in [2.45, 2.75) is 39.1 Å². The fourth-order valence-electron chi connectivity index (χ4n) is 1.48. The van der Waals surface area contributed by atoms with Crippen molar-refractivity contribution in [3.05, 3.63) is 46.0 Å². The van der Waals surface area contributed by atoms with E-state index in [0.717, 1.165) is 0 Å². The molecule has 0 aliphatic carbocycles.